The second kappa shape index (κ2) is 7.92. The number of hydrogen-bond acceptors (Lipinski definition) is 4. The third-order valence-electron chi connectivity index (χ3n) is 4.58. The molecule has 0 aliphatic rings. The van der Waals surface area contributed by atoms with Crippen molar-refractivity contribution in [2.45, 2.75) is 37.3 Å². The lowest BCUT2D eigenvalue weighted by Gasteiger charge is -2.21. The Labute approximate surface area is 159 Å². The molecule has 1 unspecified atom stereocenters. The maximum atomic E-state index is 12.8. The fourth-order valence-corrected chi connectivity index (χ4v) is 3.98. The van der Waals surface area contributed by atoms with E-state index in [1.807, 2.05) is 20.8 Å². The fourth-order valence-electron chi connectivity index (χ4n) is 2.41. The monoisotopic (exact) mass is 389 g/mol. The number of carbonyl (C=O) groups is 2. The summed E-state index contributed by atoms with van der Waals surface area (Å²) in [5.41, 5.74) is 0.0889. The lowest BCUT2D eigenvalue weighted by molar-refractivity contribution is -0.136. The van der Waals surface area contributed by atoms with Gasteiger partial charge in [0.2, 0.25) is 5.91 Å². The van der Waals surface area contributed by atoms with Crippen LogP contribution in [0.4, 0.5) is 5.69 Å². The van der Waals surface area contributed by atoms with Crippen LogP contribution < -0.4 is 5.32 Å². The molecule has 0 aliphatic heterocycles. The third-order valence-corrected chi connectivity index (χ3v) is 6.60. The van der Waals surface area contributed by atoms with Crippen LogP contribution in [0.3, 0.4) is 0 Å². The molecule has 0 saturated heterocycles. The number of sulfone groups is 1. The summed E-state index contributed by atoms with van der Waals surface area (Å²) in [5, 5.41) is 10.5. The van der Waals surface area contributed by atoms with Crippen LogP contribution in [0.15, 0.2) is 59.5 Å². The number of carboxylic acids is 1. The van der Waals surface area contributed by atoms with E-state index in [0.717, 1.165) is 0 Å². The van der Waals surface area contributed by atoms with Gasteiger partial charge in [-0.25, -0.2) is 8.42 Å². The average molecular weight is 389 g/mol. The third kappa shape index (κ3) is 4.54. The molecule has 0 heterocycles. The Kier molecular flexibility index (Phi) is 6.05. The summed E-state index contributed by atoms with van der Waals surface area (Å²) in [6.45, 7) is 5.54. The molecule has 1 amide bonds. The van der Waals surface area contributed by atoms with Gasteiger partial charge in [-0.3, -0.25) is 9.59 Å². The Bertz CT molecular complexity index is 919. The summed E-state index contributed by atoms with van der Waals surface area (Å²) >= 11 is 0. The van der Waals surface area contributed by atoms with Gasteiger partial charge in [0.05, 0.1) is 4.90 Å². The van der Waals surface area contributed by atoms with E-state index >= 15 is 0 Å². The second-order valence-corrected chi connectivity index (χ2v) is 8.92. The normalized spacial score (nSPS) is 13.0. The number of aliphatic carboxylic acids is 1. The Hall–Kier alpha value is -2.67. The van der Waals surface area contributed by atoms with Gasteiger partial charge in [0.1, 0.15) is 0 Å². The molecule has 1 atom stereocenters. The number of benzene rings is 2. The lowest BCUT2D eigenvalue weighted by Crippen LogP contribution is -2.30. The average Bonchev–Trinajstić information content (AvgIpc) is 2.62. The van der Waals surface area contributed by atoms with Gasteiger partial charge in [0.15, 0.2) is 15.1 Å². The Balaban J connectivity index is 2.32. The molecule has 2 rings (SSSR count). The van der Waals surface area contributed by atoms with Crippen molar-refractivity contribution < 1.29 is 23.1 Å². The molecule has 7 heteroatoms. The van der Waals surface area contributed by atoms with Crippen molar-refractivity contribution in [1.29, 1.82) is 0 Å². The smallest absolute Gasteiger partial charge is 0.326 e. The van der Waals surface area contributed by atoms with Gasteiger partial charge >= 0.3 is 5.97 Å². The van der Waals surface area contributed by atoms with Crippen molar-refractivity contribution in [2.24, 2.45) is 5.41 Å². The minimum Gasteiger partial charge on any atom is -0.480 e. The van der Waals surface area contributed by atoms with Crippen molar-refractivity contribution in [3.05, 3.63) is 60.2 Å². The maximum Gasteiger partial charge on any atom is 0.326 e. The van der Waals surface area contributed by atoms with Gasteiger partial charge in [0, 0.05) is 11.1 Å². The highest BCUT2D eigenvalue weighted by molar-refractivity contribution is 7.92. The molecule has 0 aliphatic carbocycles. The molecular formula is C20H23NO5S. The van der Waals surface area contributed by atoms with E-state index in [4.69, 9.17) is 0 Å². The number of carbonyl (C=O) groups excluding carboxylic acids is 1. The zero-order valence-corrected chi connectivity index (χ0v) is 16.3. The van der Waals surface area contributed by atoms with Crippen LogP contribution in [0.5, 0.6) is 0 Å². The van der Waals surface area contributed by atoms with Gasteiger partial charge in [-0.05, 0) is 36.2 Å². The summed E-state index contributed by atoms with van der Waals surface area (Å²) in [6, 6.07) is 13.3. The van der Waals surface area contributed by atoms with Gasteiger partial charge in [-0.1, -0.05) is 51.1 Å². The number of carboxylic acid groups (broad SMARTS) is 1. The zero-order valence-electron chi connectivity index (χ0n) is 15.5. The molecule has 6 nitrogen and oxygen atoms in total. The Morgan fingerprint density at radius 3 is 2.07 bits per heavy atom. The van der Waals surface area contributed by atoms with Crippen molar-refractivity contribution in [2.75, 3.05) is 5.32 Å². The fraction of sp³-hybridized carbons (Fsp3) is 0.300. The summed E-state index contributed by atoms with van der Waals surface area (Å²) in [6.07, 6.45) is 0.655. The van der Waals surface area contributed by atoms with Crippen LogP contribution in [0.25, 0.3) is 0 Å². The van der Waals surface area contributed by atoms with Crippen molar-refractivity contribution in [1.82, 2.24) is 0 Å². The largest absolute Gasteiger partial charge is 0.480 e. The standard InChI is InChI=1S/C20H23NO5S/c1-4-20(2,3)19(24)21-15-10-12-16(13-11-15)27(25,26)17(18(22)23)14-8-6-5-7-9-14/h5-13,17H,4H2,1-3H3,(H,21,24)(H,22,23). The summed E-state index contributed by atoms with van der Waals surface area (Å²) in [5.74, 6) is -1.61. The number of amides is 1. The summed E-state index contributed by atoms with van der Waals surface area (Å²) < 4.78 is 25.7. The van der Waals surface area contributed by atoms with E-state index in [-0.39, 0.29) is 16.4 Å². The minimum atomic E-state index is -4.14. The van der Waals surface area contributed by atoms with Crippen LogP contribution in [0.1, 0.15) is 38.0 Å². The number of rotatable bonds is 7. The van der Waals surface area contributed by atoms with Crippen LogP contribution in [-0.4, -0.2) is 25.4 Å². The van der Waals surface area contributed by atoms with Crippen molar-refractivity contribution >= 4 is 27.4 Å². The van der Waals surface area contributed by atoms with Crippen molar-refractivity contribution in [3.63, 3.8) is 0 Å². The van der Waals surface area contributed by atoms with Crippen LogP contribution in [0.2, 0.25) is 0 Å². The van der Waals surface area contributed by atoms with E-state index in [1.165, 1.54) is 36.4 Å². The van der Waals surface area contributed by atoms with Crippen molar-refractivity contribution in [3.8, 4) is 0 Å². The lowest BCUT2D eigenvalue weighted by atomic mass is 9.89. The first kappa shape index (κ1) is 20.6. The highest BCUT2D eigenvalue weighted by Gasteiger charge is 2.35. The predicted molar refractivity (Wildman–Crippen MR) is 103 cm³/mol. The number of nitrogens with one attached hydrogen (secondary N) is 1. The highest BCUT2D eigenvalue weighted by atomic mass is 32.2. The second-order valence-electron chi connectivity index (χ2n) is 6.89. The molecule has 0 bridgehead atoms. The van der Waals surface area contributed by atoms with E-state index in [1.54, 1.807) is 18.2 Å². The van der Waals surface area contributed by atoms with E-state index in [2.05, 4.69) is 5.32 Å². The van der Waals surface area contributed by atoms with E-state index in [9.17, 15) is 23.1 Å². The highest BCUT2D eigenvalue weighted by Crippen LogP contribution is 2.30. The zero-order chi connectivity index (χ0) is 20.2. The molecule has 27 heavy (non-hydrogen) atoms. The molecule has 0 saturated carbocycles. The topological polar surface area (TPSA) is 101 Å². The Morgan fingerprint density at radius 2 is 1.59 bits per heavy atom. The molecule has 2 aromatic rings. The maximum absolute atomic E-state index is 12.8. The van der Waals surface area contributed by atoms with Gasteiger partial charge in [-0.15, -0.1) is 0 Å². The Morgan fingerprint density at radius 1 is 1.04 bits per heavy atom. The molecule has 0 fully saturated rings. The molecule has 2 aromatic carbocycles. The van der Waals surface area contributed by atoms with E-state index < -0.39 is 26.5 Å². The minimum absolute atomic E-state index is 0.119. The van der Waals surface area contributed by atoms with Gasteiger partial charge in [-0.2, -0.15) is 0 Å². The molecule has 0 aromatic heterocycles. The SMILES string of the molecule is CCC(C)(C)C(=O)Nc1ccc(S(=O)(=O)C(C(=O)O)c2ccccc2)cc1. The first-order valence-electron chi connectivity index (χ1n) is 8.53. The van der Waals surface area contributed by atoms with Crippen LogP contribution in [0, 0.1) is 5.41 Å². The predicted octanol–water partition coefficient (Wildman–Crippen LogP) is 3.66. The first-order valence-corrected chi connectivity index (χ1v) is 10.1. The van der Waals surface area contributed by atoms with Crippen LogP contribution >= 0.6 is 0 Å². The molecule has 0 radical (unpaired) electrons. The molecular weight excluding hydrogens is 366 g/mol. The van der Waals surface area contributed by atoms with Gasteiger partial charge in [0.25, 0.3) is 0 Å². The molecule has 0 spiro atoms. The number of anilines is 1. The molecule has 2 N–H and O–H groups in total. The van der Waals surface area contributed by atoms with Crippen LogP contribution in [-0.2, 0) is 19.4 Å². The summed E-state index contributed by atoms with van der Waals surface area (Å²) in [7, 11) is -4.14. The first-order chi connectivity index (χ1) is 12.6. The number of hydrogen-bond donors (Lipinski definition) is 2. The quantitative estimate of drug-likeness (QED) is 0.753. The molecule has 144 valence electrons. The van der Waals surface area contributed by atoms with Gasteiger partial charge < -0.3 is 10.4 Å². The summed E-state index contributed by atoms with van der Waals surface area (Å²) in [4.78, 5) is 23.7. The van der Waals surface area contributed by atoms with E-state index in [0.29, 0.717) is 12.1 Å².